The van der Waals surface area contributed by atoms with Crippen molar-refractivity contribution in [2.24, 2.45) is 0 Å². The summed E-state index contributed by atoms with van der Waals surface area (Å²) in [5, 5.41) is 0. The number of benzene rings is 2. The number of sulfone groups is 1. The smallest absolute Gasteiger partial charge is 0.235 e. The van der Waals surface area contributed by atoms with Crippen LogP contribution in [0.15, 0.2) is 70.1 Å². The Morgan fingerprint density at radius 1 is 1.04 bits per heavy atom. The summed E-state index contributed by atoms with van der Waals surface area (Å²) >= 11 is 0. The van der Waals surface area contributed by atoms with E-state index in [1.54, 1.807) is 18.3 Å². The molecule has 3 aromatic rings. The number of oxazole rings is 1. The van der Waals surface area contributed by atoms with Crippen LogP contribution in [0.4, 0.5) is 0 Å². The lowest BCUT2D eigenvalue weighted by atomic mass is 10.2. The Kier molecular flexibility index (Phi) is 4.40. The van der Waals surface area contributed by atoms with Gasteiger partial charge in [-0.15, -0.1) is 0 Å². The molecule has 0 aliphatic rings. The van der Waals surface area contributed by atoms with Crippen molar-refractivity contribution in [3.8, 4) is 17.1 Å². The second kappa shape index (κ2) is 6.49. The zero-order valence-corrected chi connectivity index (χ0v) is 14.2. The van der Waals surface area contributed by atoms with Crippen molar-refractivity contribution in [2.45, 2.75) is 17.9 Å². The molecule has 0 fully saturated rings. The van der Waals surface area contributed by atoms with Crippen LogP contribution in [-0.4, -0.2) is 19.7 Å². The average molecular weight is 343 g/mol. The van der Waals surface area contributed by atoms with Crippen LogP contribution in [0.3, 0.4) is 0 Å². The third kappa shape index (κ3) is 3.65. The van der Waals surface area contributed by atoms with Gasteiger partial charge in [0, 0.05) is 11.8 Å². The van der Waals surface area contributed by atoms with Gasteiger partial charge in [0.05, 0.1) is 11.1 Å². The van der Waals surface area contributed by atoms with Gasteiger partial charge in [-0.2, -0.15) is 0 Å². The molecule has 1 aromatic heterocycles. The first-order valence-electron chi connectivity index (χ1n) is 7.41. The van der Waals surface area contributed by atoms with Crippen LogP contribution in [0.25, 0.3) is 11.3 Å². The molecule has 2 aromatic carbocycles. The van der Waals surface area contributed by atoms with Crippen LogP contribution in [0.5, 0.6) is 5.75 Å². The maximum atomic E-state index is 11.5. The molecular weight excluding hydrogens is 326 g/mol. The first-order valence-corrected chi connectivity index (χ1v) is 9.30. The van der Waals surface area contributed by atoms with E-state index in [4.69, 9.17) is 9.15 Å². The second-order valence-corrected chi connectivity index (χ2v) is 7.45. The minimum absolute atomic E-state index is 0.255. The predicted octanol–water partition coefficient (Wildman–Crippen LogP) is 3.89. The molecule has 5 nitrogen and oxygen atoms in total. The van der Waals surface area contributed by atoms with Crippen molar-refractivity contribution >= 4 is 9.84 Å². The molecule has 0 bridgehead atoms. The van der Waals surface area contributed by atoms with Gasteiger partial charge in [-0.1, -0.05) is 30.3 Å². The number of ether oxygens (including phenoxy) is 1. The Labute approximate surface area is 140 Å². The molecule has 0 amide bonds. The Morgan fingerprint density at radius 2 is 1.71 bits per heavy atom. The summed E-state index contributed by atoms with van der Waals surface area (Å²) in [4.78, 5) is 4.51. The summed E-state index contributed by atoms with van der Waals surface area (Å²) in [6.45, 7) is 1.82. The van der Waals surface area contributed by atoms with E-state index in [-0.39, 0.29) is 4.90 Å². The highest BCUT2D eigenvalue weighted by atomic mass is 32.2. The number of hydrogen-bond donors (Lipinski definition) is 0. The van der Waals surface area contributed by atoms with Crippen molar-refractivity contribution in [3.63, 3.8) is 0 Å². The molecule has 0 unspecified atom stereocenters. The van der Waals surface area contributed by atoms with E-state index in [9.17, 15) is 8.42 Å². The molecule has 0 radical (unpaired) electrons. The Bertz CT molecular complexity index is 915. The summed E-state index contributed by atoms with van der Waals surface area (Å²) in [5.41, 5.74) is 0.945. The van der Waals surface area contributed by atoms with E-state index in [1.165, 1.54) is 18.4 Å². The SMILES string of the molecule is C[C@H](Oc1ccc(S(C)(=O)=O)cc1)c1ncc(-c2ccccc2)o1. The maximum absolute atomic E-state index is 11.5. The van der Waals surface area contributed by atoms with Crippen LogP contribution >= 0.6 is 0 Å². The van der Waals surface area contributed by atoms with Crippen molar-refractivity contribution in [1.82, 2.24) is 4.98 Å². The van der Waals surface area contributed by atoms with Crippen molar-refractivity contribution in [2.75, 3.05) is 6.26 Å². The summed E-state index contributed by atoms with van der Waals surface area (Å²) in [5.74, 6) is 1.68. The summed E-state index contributed by atoms with van der Waals surface area (Å²) in [7, 11) is -3.21. The van der Waals surface area contributed by atoms with E-state index in [0.717, 1.165) is 5.56 Å². The Balaban J connectivity index is 1.74. The largest absolute Gasteiger partial charge is 0.481 e. The summed E-state index contributed by atoms with van der Waals surface area (Å²) < 4.78 is 34.4. The van der Waals surface area contributed by atoms with E-state index >= 15 is 0 Å². The molecular formula is C18H17NO4S. The van der Waals surface area contributed by atoms with Gasteiger partial charge in [0.1, 0.15) is 5.75 Å². The average Bonchev–Trinajstić information content (AvgIpc) is 3.05. The lowest BCUT2D eigenvalue weighted by Gasteiger charge is -2.11. The second-order valence-electron chi connectivity index (χ2n) is 5.43. The molecule has 24 heavy (non-hydrogen) atoms. The van der Waals surface area contributed by atoms with Crippen LogP contribution < -0.4 is 4.74 Å². The molecule has 3 rings (SSSR count). The zero-order valence-electron chi connectivity index (χ0n) is 13.3. The van der Waals surface area contributed by atoms with Gasteiger partial charge in [-0.25, -0.2) is 13.4 Å². The van der Waals surface area contributed by atoms with Crippen LogP contribution in [0, 0.1) is 0 Å². The third-order valence-electron chi connectivity index (χ3n) is 3.49. The van der Waals surface area contributed by atoms with E-state index in [2.05, 4.69) is 4.98 Å². The van der Waals surface area contributed by atoms with E-state index in [1.807, 2.05) is 37.3 Å². The molecule has 1 heterocycles. The number of nitrogens with zero attached hydrogens (tertiary/aromatic N) is 1. The first kappa shape index (κ1) is 16.3. The lowest BCUT2D eigenvalue weighted by Crippen LogP contribution is -2.03. The van der Waals surface area contributed by atoms with Gasteiger partial charge in [-0.05, 0) is 31.2 Å². The van der Waals surface area contributed by atoms with Crippen LogP contribution in [0.1, 0.15) is 18.9 Å². The van der Waals surface area contributed by atoms with Crippen molar-refractivity contribution in [1.29, 1.82) is 0 Å². The number of rotatable bonds is 5. The topological polar surface area (TPSA) is 69.4 Å². The fourth-order valence-corrected chi connectivity index (χ4v) is 2.86. The van der Waals surface area contributed by atoms with Crippen LogP contribution in [-0.2, 0) is 9.84 Å². The Morgan fingerprint density at radius 3 is 2.33 bits per heavy atom. The molecule has 0 saturated carbocycles. The molecule has 0 aliphatic carbocycles. The van der Waals surface area contributed by atoms with Gasteiger partial charge in [0.2, 0.25) is 5.89 Å². The summed E-state index contributed by atoms with van der Waals surface area (Å²) in [6.07, 6.45) is 2.44. The lowest BCUT2D eigenvalue weighted by molar-refractivity contribution is 0.189. The molecule has 0 spiro atoms. The highest BCUT2D eigenvalue weighted by molar-refractivity contribution is 7.90. The van der Waals surface area contributed by atoms with Gasteiger partial charge in [0.25, 0.3) is 0 Å². The zero-order chi connectivity index (χ0) is 17.2. The van der Waals surface area contributed by atoms with E-state index < -0.39 is 15.9 Å². The molecule has 0 N–H and O–H groups in total. The van der Waals surface area contributed by atoms with Crippen LogP contribution in [0.2, 0.25) is 0 Å². The number of hydrogen-bond acceptors (Lipinski definition) is 5. The highest BCUT2D eigenvalue weighted by Gasteiger charge is 2.15. The molecule has 124 valence electrons. The molecule has 0 aliphatic heterocycles. The van der Waals surface area contributed by atoms with Gasteiger partial charge >= 0.3 is 0 Å². The third-order valence-corrected chi connectivity index (χ3v) is 4.62. The fraction of sp³-hybridized carbons (Fsp3) is 0.167. The number of aromatic nitrogens is 1. The highest BCUT2D eigenvalue weighted by Crippen LogP contribution is 2.26. The van der Waals surface area contributed by atoms with Crippen molar-refractivity contribution in [3.05, 3.63) is 66.7 Å². The minimum atomic E-state index is -3.21. The molecule has 6 heteroatoms. The van der Waals surface area contributed by atoms with Crippen molar-refractivity contribution < 1.29 is 17.6 Å². The van der Waals surface area contributed by atoms with E-state index in [0.29, 0.717) is 17.4 Å². The van der Waals surface area contributed by atoms with Gasteiger partial charge in [0.15, 0.2) is 21.7 Å². The Hall–Kier alpha value is -2.60. The fourth-order valence-electron chi connectivity index (χ4n) is 2.23. The normalized spacial score (nSPS) is 12.8. The van der Waals surface area contributed by atoms with Gasteiger partial charge < -0.3 is 9.15 Å². The quantitative estimate of drug-likeness (QED) is 0.703. The minimum Gasteiger partial charge on any atom is -0.481 e. The monoisotopic (exact) mass is 343 g/mol. The standard InChI is InChI=1S/C18H17NO4S/c1-13(22-15-8-10-16(11-9-15)24(2,20)21)18-19-12-17(23-18)14-6-4-3-5-7-14/h3-13H,1-2H3/t13-/m0/s1. The summed E-state index contributed by atoms with van der Waals surface area (Å²) in [6, 6.07) is 16.0. The molecule has 0 saturated heterocycles. The maximum Gasteiger partial charge on any atom is 0.235 e. The predicted molar refractivity (Wildman–Crippen MR) is 90.5 cm³/mol. The molecule has 1 atom stereocenters. The first-order chi connectivity index (χ1) is 11.4. The van der Waals surface area contributed by atoms with Gasteiger partial charge in [-0.3, -0.25) is 0 Å².